The van der Waals surface area contributed by atoms with Gasteiger partial charge in [-0.15, -0.1) is 0 Å². The molecule has 0 unspecified atom stereocenters. The first-order valence-corrected chi connectivity index (χ1v) is 8.29. The first-order chi connectivity index (χ1) is 12.8. The largest absolute Gasteiger partial charge is 0.320 e. The van der Waals surface area contributed by atoms with E-state index in [1.807, 2.05) is 13.0 Å². The highest BCUT2D eigenvalue weighted by atomic mass is 16.6. The highest BCUT2D eigenvalue weighted by molar-refractivity contribution is 5.93. The summed E-state index contributed by atoms with van der Waals surface area (Å²) in [6, 6.07) is 9.50. The number of carbonyl (C=O) groups is 2. The first-order valence-electron chi connectivity index (χ1n) is 8.29. The number of para-hydroxylation sites is 2. The molecular formula is C18H21N5O4. The normalized spacial score (nSPS) is 10.5. The fourth-order valence-corrected chi connectivity index (χ4v) is 2.29. The highest BCUT2D eigenvalue weighted by Gasteiger charge is 2.15. The van der Waals surface area contributed by atoms with E-state index < -0.39 is 4.92 Å². The summed E-state index contributed by atoms with van der Waals surface area (Å²) in [6.07, 6.45) is 1.76. The smallest absolute Gasteiger partial charge is 0.292 e. The fourth-order valence-electron chi connectivity index (χ4n) is 2.29. The van der Waals surface area contributed by atoms with Crippen LogP contribution in [0.4, 0.5) is 17.2 Å². The Labute approximate surface area is 156 Å². The van der Waals surface area contributed by atoms with Gasteiger partial charge in [-0.05, 0) is 31.7 Å². The van der Waals surface area contributed by atoms with Gasteiger partial charge in [0.25, 0.3) is 5.69 Å². The molecule has 0 aliphatic heterocycles. The Kier molecular flexibility index (Phi) is 6.95. The van der Waals surface area contributed by atoms with Gasteiger partial charge in [-0.2, -0.15) is 0 Å². The third-order valence-electron chi connectivity index (χ3n) is 3.69. The zero-order valence-corrected chi connectivity index (χ0v) is 15.1. The van der Waals surface area contributed by atoms with Crippen molar-refractivity contribution in [1.82, 2.24) is 9.88 Å². The van der Waals surface area contributed by atoms with Gasteiger partial charge in [0.15, 0.2) is 0 Å². The van der Waals surface area contributed by atoms with Crippen molar-refractivity contribution in [2.24, 2.45) is 0 Å². The van der Waals surface area contributed by atoms with Crippen molar-refractivity contribution in [3.05, 3.63) is 58.3 Å². The van der Waals surface area contributed by atoms with E-state index in [1.54, 1.807) is 30.3 Å². The second kappa shape index (κ2) is 9.39. The van der Waals surface area contributed by atoms with E-state index in [2.05, 4.69) is 15.6 Å². The quantitative estimate of drug-likeness (QED) is 0.542. The molecule has 27 heavy (non-hydrogen) atoms. The number of hydrogen-bond donors (Lipinski definition) is 2. The molecule has 142 valence electrons. The molecule has 0 saturated carbocycles. The number of anilines is 2. The van der Waals surface area contributed by atoms with E-state index in [0.29, 0.717) is 12.4 Å². The molecule has 0 spiro atoms. The van der Waals surface area contributed by atoms with Crippen LogP contribution in [0.5, 0.6) is 0 Å². The Hall–Kier alpha value is -3.33. The number of pyridine rings is 1. The van der Waals surface area contributed by atoms with E-state index in [-0.39, 0.29) is 36.2 Å². The second-order valence-corrected chi connectivity index (χ2v) is 6.08. The second-order valence-electron chi connectivity index (χ2n) is 6.08. The van der Waals surface area contributed by atoms with Gasteiger partial charge in [-0.1, -0.05) is 18.2 Å². The summed E-state index contributed by atoms with van der Waals surface area (Å²) in [5.41, 5.74) is 0.984. The average Bonchev–Trinajstić information content (AvgIpc) is 2.62. The van der Waals surface area contributed by atoms with Crippen LogP contribution in [0.15, 0.2) is 42.6 Å². The lowest BCUT2D eigenvalue weighted by molar-refractivity contribution is -0.383. The molecule has 1 aromatic heterocycles. The Bertz CT molecular complexity index is 823. The number of nitrogens with zero attached hydrogens (tertiary/aromatic N) is 3. The predicted octanol–water partition coefficient (Wildman–Crippen LogP) is 2.20. The van der Waals surface area contributed by atoms with E-state index in [1.165, 1.54) is 18.2 Å². The number of nitrogens with one attached hydrogen (secondary N) is 2. The number of amides is 2. The molecule has 9 nitrogen and oxygen atoms in total. The van der Waals surface area contributed by atoms with Gasteiger partial charge >= 0.3 is 0 Å². The SMILES string of the molecule is Cc1ccc(NC(=O)CN(C)CCC(=O)Nc2ccccc2[N+](=O)[O-])nc1. The minimum Gasteiger partial charge on any atom is -0.320 e. The number of nitro groups is 1. The van der Waals surface area contributed by atoms with Crippen LogP contribution in [0.2, 0.25) is 0 Å². The van der Waals surface area contributed by atoms with Gasteiger partial charge in [0.05, 0.1) is 11.5 Å². The van der Waals surface area contributed by atoms with Crippen LogP contribution in [-0.2, 0) is 9.59 Å². The van der Waals surface area contributed by atoms with Crippen LogP contribution in [0, 0.1) is 17.0 Å². The molecule has 0 aliphatic rings. The maximum Gasteiger partial charge on any atom is 0.292 e. The molecule has 0 aliphatic carbocycles. The molecule has 0 saturated heterocycles. The van der Waals surface area contributed by atoms with Gasteiger partial charge in [-0.25, -0.2) is 4.98 Å². The lowest BCUT2D eigenvalue weighted by Crippen LogP contribution is -2.32. The molecule has 0 atom stereocenters. The Balaban J connectivity index is 1.78. The van der Waals surface area contributed by atoms with E-state index in [4.69, 9.17) is 0 Å². The van der Waals surface area contributed by atoms with Gasteiger partial charge in [0.1, 0.15) is 11.5 Å². The van der Waals surface area contributed by atoms with Crippen molar-refractivity contribution in [3.63, 3.8) is 0 Å². The summed E-state index contributed by atoms with van der Waals surface area (Å²) < 4.78 is 0. The minimum atomic E-state index is -0.550. The Morgan fingerprint density at radius 2 is 1.89 bits per heavy atom. The Morgan fingerprint density at radius 3 is 2.56 bits per heavy atom. The maximum atomic E-state index is 12.0. The lowest BCUT2D eigenvalue weighted by Gasteiger charge is -2.16. The number of likely N-dealkylation sites (N-methyl/N-ethyl adjacent to an activating group) is 1. The van der Waals surface area contributed by atoms with E-state index in [9.17, 15) is 19.7 Å². The van der Waals surface area contributed by atoms with Crippen LogP contribution >= 0.6 is 0 Å². The third kappa shape index (κ3) is 6.48. The summed E-state index contributed by atoms with van der Waals surface area (Å²) in [6.45, 7) is 2.32. The van der Waals surface area contributed by atoms with Crippen LogP contribution in [0.1, 0.15) is 12.0 Å². The van der Waals surface area contributed by atoms with Crippen molar-refractivity contribution in [1.29, 1.82) is 0 Å². The zero-order chi connectivity index (χ0) is 19.8. The standard InChI is InChI=1S/C18H21N5O4/c1-13-7-8-16(19-11-13)21-18(25)12-22(2)10-9-17(24)20-14-5-3-4-6-15(14)23(26)27/h3-8,11H,9-10,12H2,1-2H3,(H,20,24)(H,19,21,25). The third-order valence-corrected chi connectivity index (χ3v) is 3.69. The molecule has 0 bridgehead atoms. The zero-order valence-electron chi connectivity index (χ0n) is 15.1. The summed E-state index contributed by atoms with van der Waals surface area (Å²) in [4.78, 5) is 40.2. The summed E-state index contributed by atoms with van der Waals surface area (Å²) >= 11 is 0. The monoisotopic (exact) mass is 371 g/mol. The van der Waals surface area contributed by atoms with Crippen LogP contribution in [0.3, 0.4) is 0 Å². The molecule has 1 heterocycles. The molecule has 2 aromatic rings. The number of rotatable bonds is 8. The van der Waals surface area contributed by atoms with Gasteiger partial charge in [0.2, 0.25) is 11.8 Å². The Morgan fingerprint density at radius 1 is 1.15 bits per heavy atom. The number of aryl methyl sites for hydroxylation is 1. The maximum absolute atomic E-state index is 12.0. The molecule has 2 amide bonds. The summed E-state index contributed by atoms with van der Waals surface area (Å²) in [5, 5.41) is 16.2. The van der Waals surface area contributed by atoms with Crippen molar-refractivity contribution in [2.45, 2.75) is 13.3 Å². The van der Waals surface area contributed by atoms with Gasteiger partial charge in [-0.3, -0.25) is 24.6 Å². The topological polar surface area (TPSA) is 117 Å². The number of hydrogen-bond acceptors (Lipinski definition) is 6. The van der Waals surface area contributed by atoms with Crippen molar-refractivity contribution < 1.29 is 14.5 Å². The molecular weight excluding hydrogens is 350 g/mol. The van der Waals surface area contributed by atoms with E-state index in [0.717, 1.165) is 5.56 Å². The van der Waals surface area contributed by atoms with Crippen molar-refractivity contribution in [2.75, 3.05) is 30.8 Å². The van der Waals surface area contributed by atoms with Gasteiger partial charge in [0, 0.05) is 25.2 Å². The molecule has 1 aromatic carbocycles. The minimum absolute atomic E-state index is 0.0916. The molecule has 0 radical (unpaired) electrons. The van der Waals surface area contributed by atoms with Gasteiger partial charge < -0.3 is 10.6 Å². The molecule has 9 heteroatoms. The molecule has 0 fully saturated rings. The first kappa shape index (κ1) is 20.0. The molecule has 2 N–H and O–H groups in total. The predicted molar refractivity (Wildman–Crippen MR) is 101 cm³/mol. The summed E-state index contributed by atoms with van der Waals surface area (Å²) in [7, 11) is 1.71. The highest BCUT2D eigenvalue weighted by Crippen LogP contribution is 2.23. The number of carbonyl (C=O) groups excluding carboxylic acids is 2. The lowest BCUT2D eigenvalue weighted by atomic mass is 10.2. The van der Waals surface area contributed by atoms with Crippen LogP contribution in [-0.4, -0.2) is 46.8 Å². The summed E-state index contributed by atoms with van der Waals surface area (Å²) in [5.74, 6) is -0.141. The number of benzene rings is 1. The van der Waals surface area contributed by atoms with Crippen molar-refractivity contribution >= 4 is 29.0 Å². The van der Waals surface area contributed by atoms with Crippen LogP contribution in [0.25, 0.3) is 0 Å². The number of aromatic nitrogens is 1. The fraction of sp³-hybridized carbons (Fsp3) is 0.278. The van der Waals surface area contributed by atoms with Crippen molar-refractivity contribution in [3.8, 4) is 0 Å². The average molecular weight is 371 g/mol. The van der Waals surface area contributed by atoms with E-state index >= 15 is 0 Å². The molecule has 2 rings (SSSR count). The van der Waals surface area contributed by atoms with Crippen LogP contribution < -0.4 is 10.6 Å². The number of nitro benzene ring substituents is 1.